The molecule has 2 aliphatic carbocycles. The summed E-state index contributed by atoms with van der Waals surface area (Å²) in [5.74, 6) is -0.697. The third kappa shape index (κ3) is 3.44. The zero-order chi connectivity index (χ0) is 18.9. The van der Waals surface area contributed by atoms with Gasteiger partial charge in [0.2, 0.25) is 0 Å². The zero-order valence-electron chi connectivity index (χ0n) is 15.6. The van der Waals surface area contributed by atoms with Crippen LogP contribution in [0.25, 0.3) is 0 Å². The molecule has 1 saturated carbocycles. The lowest BCUT2D eigenvalue weighted by Crippen LogP contribution is -2.51. The van der Waals surface area contributed by atoms with Crippen LogP contribution < -0.4 is 0 Å². The molecule has 142 valence electrons. The molecule has 0 radical (unpaired) electrons. The third-order valence-corrected chi connectivity index (χ3v) is 6.57. The summed E-state index contributed by atoms with van der Waals surface area (Å²) in [6, 6.07) is 5.71. The van der Waals surface area contributed by atoms with E-state index < -0.39 is 11.9 Å². The van der Waals surface area contributed by atoms with Gasteiger partial charge >= 0.3 is 11.9 Å². The SMILES string of the molecule is CC1(COC(=O)CCC(=O)O)CCCC2(C)c3ccc(O)cc3CCC12. The lowest BCUT2D eigenvalue weighted by molar-refractivity contribution is -0.153. The molecule has 0 spiro atoms. The van der Waals surface area contributed by atoms with Gasteiger partial charge in [0, 0.05) is 5.41 Å². The van der Waals surface area contributed by atoms with Gasteiger partial charge in [0.1, 0.15) is 5.75 Å². The smallest absolute Gasteiger partial charge is 0.306 e. The van der Waals surface area contributed by atoms with Crippen LogP contribution in [0.2, 0.25) is 0 Å². The molecule has 0 saturated heterocycles. The molecule has 0 aromatic heterocycles. The molecule has 0 aliphatic heterocycles. The van der Waals surface area contributed by atoms with Gasteiger partial charge in [-0.05, 0) is 60.3 Å². The minimum Gasteiger partial charge on any atom is -0.508 e. The molecule has 5 heteroatoms. The van der Waals surface area contributed by atoms with Gasteiger partial charge in [-0.15, -0.1) is 0 Å². The Balaban J connectivity index is 1.77. The molecule has 26 heavy (non-hydrogen) atoms. The van der Waals surface area contributed by atoms with E-state index in [1.165, 1.54) is 11.1 Å². The van der Waals surface area contributed by atoms with E-state index in [2.05, 4.69) is 19.9 Å². The quantitative estimate of drug-likeness (QED) is 0.780. The summed E-state index contributed by atoms with van der Waals surface area (Å²) in [5.41, 5.74) is 2.45. The van der Waals surface area contributed by atoms with Crippen molar-refractivity contribution in [1.82, 2.24) is 0 Å². The number of benzene rings is 1. The molecule has 3 atom stereocenters. The first kappa shape index (κ1) is 18.7. The summed E-state index contributed by atoms with van der Waals surface area (Å²) in [6.07, 6.45) is 4.84. The van der Waals surface area contributed by atoms with Crippen molar-refractivity contribution in [3.05, 3.63) is 29.3 Å². The second kappa shape index (κ2) is 6.93. The van der Waals surface area contributed by atoms with Crippen molar-refractivity contribution in [2.75, 3.05) is 6.61 Å². The van der Waals surface area contributed by atoms with Crippen molar-refractivity contribution in [1.29, 1.82) is 0 Å². The Morgan fingerprint density at radius 2 is 2.00 bits per heavy atom. The number of ether oxygens (including phenoxy) is 1. The predicted molar refractivity (Wildman–Crippen MR) is 97.1 cm³/mol. The lowest BCUT2D eigenvalue weighted by Gasteiger charge is -2.55. The average Bonchev–Trinajstić information content (AvgIpc) is 2.57. The standard InChI is InChI=1S/C21H28O5/c1-20(13-26-19(25)9-8-18(23)24)10-3-11-21(2)16-6-5-15(22)12-14(16)4-7-17(20)21/h5-6,12,17,22H,3-4,7-11,13H2,1-2H3,(H,23,24). The summed E-state index contributed by atoms with van der Waals surface area (Å²) in [6.45, 7) is 4.85. The minimum absolute atomic E-state index is 0.0156. The highest BCUT2D eigenvalue weighted by molar-refractivity contribution is 5.76. The Hall–Kier alpha value is -2.04. The molecular formula is C21H28O5. The minimum atomic E-state index is -0.981. The predicted octanol–water partition coefficient (Wildman–Crippen LogP) is 3.81. The molecule has 3 rings (SSSR count). The van der Waals surface area contributed by atoms with Crippen LogP contribution in [0, 0.1) is 11.3 Å². The van der Waals surface area contributed by atoms with E-state index in [1.807, 2.05) is 6.07 Å². The van der Waals surface area contributed by atoms with E-state index in [-0.39, 0.29) is 23.7 Å². The summed E-state index contributed by atoms with van der Waals surface area (Å²) >= 11 is 0. The third-order valence-electron chi connectivity index (χ3n) is 6.57. The molecule has 0 amide bonds. The van der Waals surface area contributed by atoms with E-state index in [0.29, 0.717) is 18.3 Å². The Labute approximate surface area is 154 Å². The van der Waals surface area contributed by atoms with Crippen LogP contribution in [0.4, 0.5) is 0 Å². The van der Waals surface area contributed by atoms with Gasteiger partial charge in [-0.2, -0.15) is 0 Å². The molecule has 2 aliphatic rings. The van der Waals surface area contributed by atoms with Gasteiger partial charge in [0.15, 0.2) is 0 Å². The van der Waals surface area contributed by atoms with E-state index in [4.69, 9.17) is 9.84 Å². The van der Waals surface area contributed by atoms with E-state index in [9.17, 15) is 14.7 Å². The first-order chi connectivity index (χ1) is 12.2. The van der Waals surface area contributed by atoms with Crippen molar-refractivity contribution < 1.29 is 24.5 Å². The van der Waals surface area contributed by atoms with Gasteiger partial charge in [-0.3, -0.25) is 9.59 Å². The summed E-state index contributed by atoms with van der Waals surface area (Å²) in [5, 5.41) is 18.5. The number of carbonyl (C=O) groups is 2. The fourth-order valence-electron chi connectivity index (χ4n) is 5.31. The van der Waals surface area contributed by atoms with Crippen molar-refractivity contribution in [3.8, 4) is 5.75 Å². The Morgan fingerprint density at radius 1 is 1.23 bits per heavy atom. The number of hydrogen-bond donors (Lipinski definition) is 2. The average molecular weight is 360 g/mol. The highest BCUT2D eigenvalue weighted by Gasteiger charge is 2.52. The number of carbonyl (C=O) groups excluding carboxylic acids is 1. The number of fused-ring (bicyclic) bond motifs is 3. The van der Waals surface area contributed by atoms with Gasteiger partial charge in [-0.25, -0.2) is 0 Å². The Morgan fingerprint density at radius 3 is 2.73 bits per heavy atom. The van der Waals surface area contributed by atoms with Crippen LogP contribution in [0.15, 0.2) is 18.2 Å². The van der Waals surface area contributed by atoms with Crippen LogP contribution in [0.1, 0.15) is 63.5 Å². The number of esters is 1. The number of phenolic OH excluding ortho intramolecular Hbond substituents is 1. The number of carboxylic acids is 1. The summed E-state index contributed by atoms with van der Waals surface area (Å²) in [7, 11) is 0. The summed E-state index contributed by atoms with van der Waals surface area (Å²) < 4.78 is 5.49. The first-order valence-corrected chi connectivity index (χ1v) is 9.44. The second-order valence-corrected chi connectivity index (χ2v) is 8.41. The van der Waals surface area contributed by atoms with Crippen molar-refractivity contribution in [2.24, 2.45) is 11.3 Å². The molecule has 1 aromatic carbocycles. The topological polar surface area (TPSA) is 83.8 Å². The van der Waals surface area contributed by atoms with Crippen LogP contribution in [0.3, 0.4) is 0 Å². The number of aliphatic carboxylic acids is 1. The van der Waals surface area contributed by atoms with Crippen LogP contribution in [-0.2, 0) is 26.2 Å². The Bertz CT molecular complexity index is 712. The maximum atomic E-state index is 11.9. The summed E-state index contributed by atoms with van der Waals surface area (Å²) in [4.78, 5) is 22.5. The van der Waals surface area contributed by atoms with Gasteiger partial charge < -0.3 is 14.9 Å². The molecule has 5 nitrogen and oxygen atoms in total. The lowest BCUT2D eigenvalue weighted by atomic mass is 9.50. The molecule has 0 bridgehead atoms. The van der Waals surface area contributed by atoms with Crippen molar-refractivity contribution in [2.45, 2.75) is 64.2 Å². The first-order valence-electron chi connectivity index (χ1n) is 9.44. The highest BCUT2D eigenvalue weighted by Crippen LogP contribution is 2.57. The fraction of sp³-hybridized carbons (Fsp3) is 0.619. The molecule has 1 fully saturated rings. The number of hydrogen-bond acceptors (Lipinski definition) is 4. The van der Waals surface area contributed by atoms with Crippen LogP contribution in [-0.4, -0.2) is 28.8 Å². The van der Waals surface area contributed by atoms with E-state index >= 15 is 0 Å². The number of aryl methyl sites for hydroxylation is 1. The largest absolute Gasteiger partial charge is 0.508 e. The van der Waals surface area contributed by atoms with Gasteiger partial charge in [0.05, 0.1) is 19.4 Å². The van der Waals surface area contributed by atoms with Crippen LogP contribution in [0.5, 0.6) is 5.75 Å². The van der Waals surface area contributed by atoms with E-state index in [1.54, 1.807) is 6.07 Å². The van der Waals surface area contributed by atoms with Crippen LogP contribution >= 0.6 is 0 Å². The molecular weight excluding hydrogens is 332 g/mol. The normalized spacial score (nSPS) is 30.2. The molecule has 2 N–H and O–H groups in total. The van der Waals surface area contributed by atoms with Crippen molar-refractivity contribution >= 4 is 11.9 Å². The number of phenols is 1. The Kier molecular flexibility index (Phi) is 5.00. The van der Waals surface area contributed by atoms with Gasteiger partial charge in [-0.1, -0.05) is 26.3 Å². The maximum absolute atomic E-state index is 11.9. The highest BCUT2D eigenvalue weighted by atomic mass is 16.5. The number of carboxylic acid groups (broad SMARTS) is 1. The zero-order valence-corrected chi connectivity index (χ0v) is 15.6. The number of aromatic hydroxyl groups is 1. The van der Waals surface area contributed by atoms with E-state index in [0.717, 1.165) is 32.1 Å². The fourth-order valence-corrected chi connectivity index (χ4v) is 5.31. The second-order valence-electron chi connectivity index (χ2n) is 8.41. The van der Waals surface area contributed by atoms with Gasteiger partial charge in [0.25, 0.3) is 0 Å². The molecule has 3 unspecified atom stereocenters. The molecule has 0 heterocycles. The monoisotopic (exact) mass is 360 g/mol. The molecule has 1 aromatic rings. The number of rotatable bonds is 5. The van der Waals surface area contributed by atoms with Crippen molar-refractivity contribution in [3.63, 3.8) is 0 Å². The maximum Gasteiger partial charge on any atom is 0.306 e.